The molecule has 0 rings (SSSR count). The number of hydrogen-bond acceptors (Lipinski definition) is 5. The Labute approximate surface area is 124 Å². The van der Waals surface area contributed by atoms with E-state index in [2.05, 4.69) is 37.5 Å². The van der Waals surface area contributed by atoms with Crippen molar-refractivity contribution in [2.24, 2.45) is 0 Å². The van der Waals surface area contributed by atoms with E-state index in [0.717, 1.165) is 39.3 Å². The molecule has 0 aromatic carbocycles. The monoisotopic (exact) mass is 288 g/mol. The molecule has 0 aromatic heterocycles. The molecule has 120 valence electrons. The molecule has 2 unspecified atom stereocenters. The lowest BCUT2D eigenvalue weighted by atomic mass is 10.3. The summed E-state index contributed by atoms with van der Waals surface area (Å²) in [5, 5.41) is 0. The molecule has 0 spiro atoms. The highest BCUT2D eigenvalue weighted by Gasteiger charge is 2.17. The molecule has 0 N–H and O–H groups in total. The molecule has 0 saturated heterocycles. The van der Waals surface area contributed by atoms with E-state index in [4.69, 9.17) is 9.47 Å². The number of ether oxygens (including phenoxy) is 2. The van der Waals surface area contributed by atoms with Crippen LogP contribution in [0.2, 0.25) is 0 Å². The molecule has 0 aliphatic carbocycles. The second-order valence-corrected chi connectivity index (χ2v) is 5.08. The molecule has 0 fully saturated rings. The Hall–Kier alpha value is -0.810. The first kappa shape index (κ1) is 19.2. The fourth-order valence-electron chi connectivity index (χ4n) is 2.12. The third kappa shape index (κ3) is 8.38. The van der Waals surface area contributed by atoms with Gasteiger partial charge in [-0.05, 0) is 40.0 Å². The quantitative estimate of drug-likeness (QED) is 0.578. The second kappa shape index (κ2) is 10.9. The molecular formula is C15H32N2O3. The summed E-state index contributed by atoms with van der Waals surface area (Å²) in [5.74, 6) is 0. The predicted molar refractivity (Wildman–Crippen MR) is 82.1 cm³/mol. The van der Waals surface area contributed by atoms with E-state index in [1.54, 1.807) is 0 Å². The highest BCUT2D eigenvalue weighted by atomic mass is 16.7. The van der Waals surface area contributed by atoms with Crippen molar-refractivity contribution in [2.45, 2.75) is 53.8 Å². The molecule has 0 heterocycles. The summed E-state index contributed by atoms with van der Waals surface area (Å²) in [6.07, 6.45) is -0.865. The van der Waals surface area contributed by atoms with Gasteiger partial charge in [-0.15, -0.1) is 0 Å². The number of carbonyl (C=O) groups excluding carboxylic acids is 1. The van der Waals surface area contributed by atoms with Gasteiger partial charge in [0, 0.05) is 13.1 Å². The Morgan fingerprint density at radius 1 is 0.800 bits per heavy atom. The van der Waals surface area contributed by atoms with E-state index >= 15 is 0 Å². The smallest absolute Gasteiger partial charge is 0.430 e. The van der Waals surface area contributed by atoms with Crippen molar-refractivity contribution in [3.8, 4) is 0 Å². The molecule has 0 amide bonds. The SMILES string of the molecule is CCN(CC)CC(C)OC(=O)OC(C)CN(CC)CC. The fraction of sp³-hybridized carbons (Fsp3) is 0.933. The van der Waals surface area contributed by atoms with Crippen LogP contribution in [0.3, 0.4) is 0 Å². The minimum Gasteiger partial charge on any atom is -0.430 e. The van der Waals surface area contributed by atoms with Crippen LogP contribution < -0.4 is 0 Å². The van der Waals surface area contributed by atoms with E-state index in [-0.39, 0.29) is 12.2 Å². The van der Waals surface area contributed by atoms with Crippen molar-refractivity contribution < 1.29 is 14.3 Å². The molecule has 0 aromatic rings. The standard InChI is InChI=1S/C15H32N2O3/c1-7-16(8-2)11-13(5)19-15(18)20-14(6)12-17(9-3)10-4/h13-14H,7-12H2,1-6H3. The van der Waals surface area contributed by atoms with Gasteiger partial charge < -0.3 is 19.3 Å². The third-order valence-electron chi connectivity index (χ3n) is 3.41. The highest BCUT2D eigenvalue weighted by Crippen LogP contribution is 2.03. The normalized spacial score (nSPS) is 14.4. The zero-order valence-corrected chi connectivity index (χ0v) is 14.0. The molecule has 0 saturated carbocycles. The van der Waals surface area contributed by atoms with Crippen molar-refractivity contribution in [3.05, 3.63) is 0 Å². The average molecular weight is 288 g/mol. The summed E-state index contributed by atoms with van der Waals surface area (Å²) < 4.78 is 10.6. The molecule has 0 aliphatic rings. The minimum absolute atomic E-state index is 0.150. The molecule has 0 radical (unpaired) electrons. The van der Waals surface area contributed by atoms with Crippen LogP contribution in [-0.2, 0) is 9.47 Å². The van der Waals surface area contributed by atoms with Crippen molar-refractivity contribution in [2.75, 3.05) is 39.3 Å². The Bertz CT molecular complexity index is 230. The zero-order valence-electron chi connectivity index (χ0n) is 14.0. The molecule has 5 heteroatoms. The second-order valence-electron chi connectivity index (χ2n) is 5.08. The first-order valence-electron chi connectivity index (χ1n) is 7.78. The van der Waals surface area contributed by atoms with Gasteiger partial charge in [-0.25, -0.2) is 4.79 Å². The van der Waals surface area contributed by atoms with Gasteiger partial charge in [0.1, 0.15) is 12.2 Å². The van der Waals surface area contributed by atoms with Crippen LogP contribution in [0.1, 0.15) is 41.5 Å². The summed E-state index contributed by atoms with van der Waals surface area (Å²) in [7, 11) is 0. The minimum atomic E-state index is -0.565. The van der Waals surface area contributed by atoms with Crippen LogP contribution in [0.25, 0.3) is 0 Å². The molecule has 0 aliphatic heterocycles. The molecule has 2 atom stereocenters. The number of nitrogens with zero attached hydrogens (tertiary/aromatic N) is 2. The summed E-state index contributed by atoms with van der Waals surface area (Å²) in [6, 6.07) is 0. The Morgan fingerprint density at radius 3 is 1.35 bits per heavy atom. The topological polar surface area (TPSA) is 42.0 Å². The van der Waals surface area contributed by atoms with E-state index in [9.17, 15) is 4.79 Å². The van der Waals surface area contributed by atoms with Crippen LogP contribution in [0.5, 0.6) is 0 Å². The van der Waals surface area contributed by atoms with Gasteiger partial charge in [0.2, 0.25) is 0 Å². The Kier molecular flexibility index (Phi) is 10.5. The van der Waals surface area contributed by atoms with E-state index in [1.807, 2.05) is 13.8 Å². The lowest BCUT2D eigenvalue weighted by Gasteiger charge is -2.25. The van der Waals surface area contributed by atoms with Crippen molar-refractivity contribution >= 4 is 6.16 Å². The van der Waals surface area contributed by atoms with E-state index in [1.165, 1.54) is 0 Å². The predicted octanol–water partition coefficient (Wildman–Crippen LogP) is 2.60. The molecule has 5 nitrogen and oxygen atoms in total. The molecular weight excluding hydrogens is 256 g/mol. The van der Waals surface area contributed by atoms with Gasteiger partial charge in [-0.2, -0.15) is 0 Å². The first-order chi connectivity index (χ1) is 9.46. The number of hydrogen-bond donors (Lipinski definition) is 0. The van der Waals surface area contributed by atoms with E-state index in [0.29, 0.717) is 0 Å². The van der Waals surface area contributed by atoms with Crippen LogP contribution in [0.15, 0.2) is 0 Å². The molecule has 20 heavy (non-hydrogen) atoms. The lowest BCUT2D eigenvalue weighted by molar-refractivity contribution is -0.00796. The zero-order chi connectivity index (χ0) is 15.5. The van der Waals surface area contributed by atoms with Crippen molar-refractivity contribution in [1.29, 1.82) is 0 Å². The van der Waals surface area contributed by atoms with Crippen LogP contribution in [0.4, 0.5) is 4.79 Å². The number of likely N-dealkylation sites (N-methyl/N-ethyl adjacent to an activating group) is 2. The number of rotatable bonds is 10. The highest BCUT2D eigenvalue weighted by molar-refractivity contribution is 5.60. The van der Waals surface area contributed by atoms with Gasteiger partial charge in [0.05, 0.1) is 0 Å². The Balaban J connectivity index is 4.02. The summed E-state index contributed by atoms with van der Waals surface area (Å²) in [4.78, 5) is 16.1. The summed E-state index contributed by atoms with van der Waals surface area (Å²) in [5.41, 5.74) is 0. The van der Waals surface area contributed by atoms with Gasteiger partial charge in [-0.1, -0.05) is 27.7 Å². The summed E-state index contributed by atoms with van der Waals surface area (Å²) >= 11 is 0. The van der Waals surface area contributed by atoms with Gasteiger partial charge in [-0.3, -0.25) is 0 Å². The van der Waals surface area contributed by atoms with Crippen LogP contribution in [0, 0.1) is 0 Å². The largest absolute Gasteiger partial charge is 0.508 e. The average Bonchev–Trinajstić information content (AvgIpc) is 2.41. The van der Waals surface area contributed by atoms with E-state index < -0.39 is 6.16 Å². The maximum atomic E-state index is 11.7. The van der Waals surface area contributed by atoms with Gasteiger partial charge >= 0.3 is 6.16 Å². The maximum absolute atomic E-state index is 11.7. The van der Waals surface area contributed by atoms with Crippen LogP contribution in [-0.4, -0.2) is 67.4 Å². The third-order valence-corrected chi connectivity index (χ3v) is 3.41. The maximum Gasteiger partial charge on any atom is 0.508 e. The summed E-state index contributed by atoms with van der Waals surface area (Å²) in [6.45, 7) is 17.5. The first-order valence-corrected chi connectivity index (χ1v) is 7.78. The fourth-order valence-corrected chi connectivity index (χ4v) is 2.12. The number of carbonyl (C=O) groups is 1. The van der Waals surface area contributed by atoms with Crippen molar-refractivity contribution in [3.63, 3.8) is 0 Å². The van der Waals surface area contributed by atoms with Gasteiger partial charge in [0.15, 0.2) is 0 Å². The van der Waals surface area contributed by atoms with Crippen LogP contribution >= 0.6 is 0 Å². The molecule has 0 bridgehead atoms. The lowest BCUT2D eigenvalue weighted by Crippen LogP contribution is -2.36. The Morgan fingerprint density at radius 2 is 1.10 bits per heavy atom. The van der Waals surface area contributed by atoms with Gasteiger partial charge in [0.25, 0.3) is 0 Å². The van der Waals surface area contributed by atoms with Crippen molar-refractivity contribution in [1.82, 2.24) is 9.80 Å².